The number of aryl methyl sites for hydroxylation is 1. The molecule has 3 atom stereocenters. The van der Waals surface area contributed by atoms with Gasteiger partial charge in [-0.3, -0.25) is 0 Å². The van der Waals surface area contributed by atoms with E-state index in [0.29, 0.717) is 28.9 Å². The Morgan fingerprint density at radius 2 is 1.92 bits per heavy atom. The van der Waals surface area contributed by atoms with Crippen molar-refractivity contribution in [2.75, 3.05) is 18.0 Å². The molecule has 134 valence electrons. The summed E-state index contributed by atoms with van der Waals surface area (Å²) in [5.41, 5.74) is 1.67. The average molecular weight is 350 g/mol. The summed E-state index contributed by atoms with van der Waals surface area (Å²) in [4.78, 5) is 11.7. The van der Waals surface area contributed by atoms with Crippen LogP contribution in [0.15, 0.2) is 36.5 Å². The van der Waals surface area contributed by atoms with Crippen molar-refractivity contribution in [3.63, 3.8) is 0 Å². The van der Waals surface area contributed by atoms with Gasteiger partial charge in [-0.05, 0) is 49.6 Å². The maximum atomic E-state index is 8.93. The monoisotopic (exact) mass is 350 g/mol. The van der Waals surface area contributed by atoms with Gasteiger partial charge in [-0.15, -0.1) is 0 Å². The first-order valence-electron chi connectivity index (χ1n) is 8.93. The minimum Gasteiger partial charge on any atom is -0.486 e. The number of piperidine rings is 1. The van der Waals surface area contributed by atoms with E-state index in [1.54, 1.807) is 6.20 Å². The van der Waals surface area contributed by atoms with Gasteiger partial charge in [0.1, 0.15) is 18.0 Å². The van der Waals surface area contributed by atoms with Gasteiger partial charge in [0.25, 0.3) is 0 Å². The number of fused-ring (bicyclic) bond motifs is 2. The lowest BCUT2D eigenvalue weighted by Gasteiger charge is -2.38. The molecule has 1 aromatic carbocycles. The summed E-state index contributed by atoms with van der Waals surface area (Å²) in [6.45, 7) is 3.81. The highest BCUT2D eigenvalue weighted by molar-refractivity contribution is 5.44. The Balaban J connectivity index is 1.49. The number of aromatic nitrogens is 1. The summed E-state index contributed by atoms with van der Waals surface area (Å²) in [5, 5.41) is 8.93. The van der Waals surface area contributed by atoms with Gasteiger partial charge in [-0.25, -0.2) is 4.98 Å². The second-order valence-electron chi connectivity index (χ2n) is 7.17. The fourth-order valence-corrected chi connectivity index (χ4v) is 4.14. The first-order chi connectivity index (χ1) is 12.7. The maximum absolute atomic E-state index is 8.93. The molecule has 0 amide bonds. The zero-order valence-corrected chi connectivity index (χ0v) is 14.8. The Morgan fingerprint density at radius 3 is 2.54 bits per heavy atom. The van der Waals surface area contributed by atoms with Crippen LogP contribution >= 0.6 is 0 Å². The SMILES string of the molecule is Cc1ccc(OC2[C@@H]3CC[C@H]2CN(c2ccc(C#N)cn2)C3)c(ON)c1. The van der Waals surface area contributed by atoms with Crippen molar-refractivity contribution in [1.29, 1.82) is 5.26 Å². The second kappa shape index (κ2) is 6.85. The molecule has 2 bridgehead atoms. The molecule has 2 aromatic rings. The van der Waals surface area contributed by atoms with Crippen LogP contribution in [0.5, 0.6) is 11.5 Å². The normalized spacial score (nSPS) is 24.2. The molecule has 2 fully saturated rings. The van der Waals surface area contributed by atoms with Crippen molar-refractivity contribution in [3.05, 3.63) is 47.7 Å². The molecule has 1 unspecified atom stereocenters. The molecule has 1 saturated carbocycles. The zero-order valence-electron chi connectivity index (χ0n) is 14.8. The molecule has 2 N–H and O–H groups in total. The van der Waals surface area contributed by atoms with E-state index in [1.165, 1.54) is 0 Å². The van der Waals surface area contributed by atoms with Crippen molar-refractivity contribution < 1.29 is 9.57 Å². The van der Waals surface area contributed by atoms with Crippen molar-refractivity contribution in [3.8, 4) is 17.6 Å². The quantitative estimate of drug-likeness (QED) is 0.854. The second-order valence-corrected chi connectivity index (χ2v) is 7.17. The molecule has 1 aromatic heterocycles. The molecule has 0 radical (unpaired) electrons. The van der Waals surface area contributed by atoms with Crippen LogP contribution in [0, 0.1) is 30.1 Å². The van der Waals surface area contributed by atoms with E-state index in [0.717, 1.165) is 37.3 Å². The van der Waals surface area contributed by atoms with Crippen molar-refractivity contribution >= 4 is 5.82 Å². The zero-order chi connectivity index (χ0) is 18.1. The number of nitriles is 1. The third-order valence-corrected chi connectivity index (χ3v) is 5.44. The Hall–Kier alpha value is -2.78. The summed E-state index contributed by atoms with van der Waals surface area (Å²) in [6.07, 6.45) is 4.09. The molecule has 26 heavy (non-hydrogen) atoms. The standard InChI is InChI=1S/C20H22N4O2/c1-13-2-6-17(18(8-13)26-22)25-20-15-4-5-16(20)12-24(11-15)19-7-3-14(9-21)10-23-19/h2-3,6-8,10,15-16,20H,4-5,11-12,22H2,1H3/t15-,16+,20?. The fraction of sp³-hybridized carbons (Fsp3) is 0.400. The molecular weight excluding hydrogens is 328 g/mol. The summed E-state index contributed by atoms with van der Waals surface area (Å²) in [5.74, 6) is 8.53. The number of hydrogen-bond donors (Lipinski definition) is 1. The minimum atomic E-state index is 0.168. The van der Waals surface area contributed by atoms with Crippen LogP contribution in [0.3, 0.4) is 0 Å². The van der Waals surface area contributed by atoms with Crippen LogP contribution in [0.2, 0.25) is 0 Å². The molecule has 1 aliphatic carbocycles. The fourth-order valence-electron chi connectivity index (χ4n) is 4.14. The van der Waals surface area contributed by atoms with Gasteiger partial charge in [-0.2, -0.15) is 11.2 Å². The van der Waals surface area contributed by atoms with Gasteiger partial charge in [0, 0.05) is 31.1 Å². The number of anilines is 1. The molecular formula is C20H22N4O2. The summed E-state index contributed by atoms with van der Waals surface area (Å²) >= 11 is 0. The van der Waals surface area contributed by atoms with E-state index in [1.807, 2.05) is 37.3 Å². The highest BCUT2D eigenvalue weighted by Crippen LogP contribution is 2.42. The number of ether oxygens (including phenoxy) is 1. The van der Waals surface area contributed by atoms with Crippen LogP contribution < -0.4 is 20.4 Å². The molecule has 1 aliphatic heterocycles. The lowest BCUT2D eigenvalue weighted by molar-refractivity contribution is 0.0983. The summed E-state index contributed by atoms with van der Waals surface area (Å²) < 4.78 is 6.34. The Bertz CT molecular complexity index is 817. The third kappa shape index (κ3) is 3.06. The lowest BCUT2D eigenvalue weighted by atomic mass is 9.94. The third-order valence-electron chi connectivity index (χ3n) is 5.44. The number of pyridine rings is 1. The highest BCUT2D eigenvalue weighted by atomic mass is 16.6. The number of benzene rings is 1. The van der Waals surface area contributed by atoms with Gasteiger partial charge >= 0.3 is 0 Å². The Morgan fingerprint density at radius 1 is 1.15 bits per heavy atom. The van der Waals surface area contributed by atoms with Gasteiger partial charge in [0.05, 0.1) is 5.56 Å². The molecule has 6 nitrogen and oxygen atoms in total. The van der Waals surface area contributed by atoms with Crippen LogP contribution in [0.1, 0.15) is 24.0 Å². The number of hydrogen-bond acceptors (Lipinski definition) is 6. The number of nitrogens with two attached hydrogens (primary N) is 1. The van der Waals surface area contributed by atoms with Crippen molar-refractivity contribution in [2.45, 2.75) is 25.9 Å². The van der Waals surface area contributed by atoms with E-state index in [4.69, 9.17) is 20.7 Å². The van der Waals surface area contributed by atoms with Crippen LogP contribution in [-0.2, 0) is 0 Å². The minimum absolute atomic E-state index is 0.168. The van der Waals surface area contributed by atoms with E-state index >= 15 is 0 Å². The van der Waals surface area contributed by atoms with Gasteiger partial charge in [0.15, 0.2) is 11.5 Å². The molecule has 6 heteroatoms. The van der Waals surface area contributed by atoms with E-state index in [2.05, 4.69) is 16.0 Å². The first kappa shape index (κ1) is 16.7. The molecule has 4 rings (SSSR count). The van der Waals surface area contributed by atoms with Crippen molar-refractivity contribution in [2.24, 2.45) is 17.7 Å². The Kier molecular flexibility index (Phi) is 4.39. The van der Waals surface area contributed by atoms with Crippen molar-refractivity contribution in [1.82, 2.24) is 4.98 Å². The smallest absolute Gasteiger partial charge is 0.188 e. The predicted octanol–water partition coefficient (Wildman–Crippen LogP) is 2.81. The van der Waals surface area contributed by atoms with Crippen LogP contribution in [-0.4, -0.2) is 24.2 Å². The molecule has 2 heterocycles. The van der Waals surface area contributed by atoms with Gasteiger partial charge < -0.3 is 14.5 Å². The summed E-state index contributed by atoms with van der Waals surface area (Å²) in [7, 11) is 0. The topological polar surface area (TPSA) is 84.4 Å². The Labute approximate surface area is 153 Å². The van der Waals surface area contributed by atoms with E-state index < -0.39 is 0 Å². The van der Waals surface area contributed by atoms with E-state index in [-0.39, 0.29) is 6.10 Å². The maximum Gasteiger partial charge on any atom is 0.188 e. The predicted molar refractivity (Wildman–Crippen MR) is 97.8 cm³/mol. The van der Waals surface area contributed by atoms with Crippen LogP contribution in [0.25, 0.3) is 0 Å². The average Bonchev–Trinajstić information content (AvgIpc) is 2.90. The molecule has 1 saturated heterocycles. The lowest BCUT2D eigenvalue weighted by Crippen LogP contribution is -2.47. The number of nitrogens with zero attached hydrogens (tertiary/aromatic N) is 3. The molecule has 2 aliphatic rings. The first-order valence-corrected chi connectivity index (χ1v) is 8.93. The number of rotatable bonds is 4. The van der Waals surface area contributed by atoms with Gasteiger partial charge in [0.2, 0.25) is 0 Å². The van der Waals surface area contributed by atoms with Crippen LogP contribution in [0.4, 0.5) is 5.82 Å². The molecule has 0 spiro atoms. The largest absolute Gasteiger partial charge is 0.486 e. The summed E-state index contributed by atoms with van der Waals surface area (Å²) in [6, 6.07) is 11.7. The van der Waals surface area contributed by atoms with Gasteiger partial charge in [-0.1, -0.05) is 6.07 Å². The highest BCUT2D eigenvalue weighted by Gasteiger charge is 2.44. The van der Waals surface area contributed by atoms with E-state index in [9.17, 15) is 0 Å².